The Hall–Kier alpha value is -0.610. The lowest BCUT2D eigenvalue weighted by molar-refractivity contribution is -0.131. The fraction of sp³-hybridized carbons (Fsp3) is 0.923. The Balaban J connectivity index is 1.70. The number of nitrogens with one attached hydrogen (secondary N) is 1. The van der Waals surface area contributed by atoms with Crippen molar-refractivity contribution in [2.24, 2.45) is 0 Å². The molecule has 1 atom stereocenters. The highest BCUT2D eigenvalue weighted by molar-refractivity contribution is 5.76. The van der Waals surface area contributed by atoms with E-state index in [4.69, 9.17) is 0 Å². The molecule has 0 aromatic heterocycles. The second-order valence-electron chi connectivity index (χ2n) is 5.37. The molecular formula is C13H25N3O. The van der Waals surface area contributed by atoms with Crippen LogP contribution in [-0.4, -0.2) is 61.5 Å². The molecule has 98 valence electrons. The molecule has 2 rings (SSSR count). The lowest BCUT2D eigenvalue weighted by Crippen LogP contribution is -2.35. The molecule has 2 aliphatic heterocycles. The Bertz CT molecular complexity index is 251. The molecule has 4 heteroatoms. The van der Waals surface area contributed by atoms with Gasteiger partial charge in [-0.3, -0.25) is 4.79 Å². The van der Waals surface area contributed by atoms with Crippen LogP contribution in [0.3, 0.4) is 0 Å². The van der Waals surface area contributed by atoms with Gasteiger partial charge in [0.25, 0.3) is 0 Å². The monoisotopic (exact) mass is 239 g/mol. The van der Waals surface area contributed by atoms with E-state index in [1.807, 2.05) is 0 Å². The molecular weight excluding hydrogens is 214 g/mol. The van der Waals surface area contributed by atoms with E-state index >= 15 is 0 Å². The van der Waals surface area contributed by atoms with Gasteiger partial charge < -0.3 is 15.1 Å². The lowest BCUT2D eigenvalue weighted by atomic mass is 10.1. The first kappa shape index (κ1) is 12.8. The number of carbonyl (C=O) groups excluding carboxylic acids is 1. The number of nitrogens with zero attached hydrogens (tertiary/aromatic N) is 2. The molecule has 2 fully saturated rings. The van der Waals surface area contributed by atoms with E-state index in [0.717, 1.165) is 52.0 Å². The minimum atomic E-state index is 0.356. The van der Waals surface area contributed by atoms with Crippen LogP contribution in [0.25, 0.3) is 0 Å². The highest BCUT2D eigenvalue weighted by Gasteiger charge is 2.20. The Kier molecular flexibility index (Phi) is 4.80. The van der Waals surface area contributed by atoms with Crippen LogP contribution in [0.5, 0.6) is 0 Å². The van der Waals surface area contributed by atoms with E-state index in [1.165, 1.54) is 12.8 Å². The average molecular weight is 239 g/mol. The molecule has 1 amide bonds. The summed E-state index contributed by atoms with van der Waals surface area (Å²) in [6, 6.07) is 0.591. The van der Waals surface area contributed by atoms with Crippen LogP contribution >= 0.6 is 0 Å². The van der Waals surface area contributed by atoms with Gasteiger partial charge in [0, 0.05) is 32.1 Å². The van der Waals surface area contributed by atoms with Gasteiger partial charge in [0.1, 0.15) is 0 Å². The predicted molar refractivity (Wildman–Crippen MR) is 69.0 cm³/mol. The summed E-state index contributed by atoms with van der Waals surface area (Å²) in [6.45, 7) is 5.13. The Morgan fingerprint density at radius 2 is 2.12 bits per heavy atom. The fourth-order valence-electron chi connectivity index (χ4n) is 2.75. The summed E-state index contributed by atoms with van der Waals surface area (Å²) >= 11 is 0. The Labute approximate surface area is 104 Å². The quantitative estimate of drug-likeness (QED) is 0.787. The van der Waals surface area contributed by atoms with Gasteiger partial charge in [-0.2, -0.15) is 0 Å². The minimum absolute atomic E-state index is 0.356. The molecule has 0 aromatic rings. The third-order valence-electron chi connectivity index (χ3n) is 3.94. The van der Waals surface area contributed by atoms with E-state index in [2.05, 4.69) is 22.2 Å². The second-order valence-corrected chi connectivity index (χ2v) is 5.37. The van der Waals surface area contributed by atoms with Crippen molar-refractivity contribution in [1.29, 1.82) is 0 Å². The van der Waals surface area contributed by atoms with Crippen LogP contribution in [0.15, 0.2) is 0 Å². The van der Waals surface area contributed by atoms with E-state index in [9.17, 15) is 4.79 Å². The van der Waals surface area contributed by atoms with Crippen LogP contribution in [0.2, 0.25) is 0 Å². The van der Waals surface area contributed by atoms with E-state index in [-0.39, 0.29) is 0 Å². The van der Waals surface area contributed by atoms with Crippen LogP contribution in [-0.2, 0) is 4.79 Å². The van der Waals surface area contributed by atoms with Crippen LogP contribution in [0, 0.1) is 0 Å². The normalized spacial score (nSPS) is 27.1. The zero-order chi connectivity index (χ0) is 12.1. The Morgan fingerprint density at radius 1 is 1.24 bits per heavy atom. The summed E-state index contributed by atoms with van der Waals surface area (Å²) in [5.41, 5.74) is 0. The third-order valence-corrected chi connectivity index (χ3v) is 3.94. The van der Waals surface area contributed by atoms with Crippen LogP contribution in [0.4, 0.5) is 0 Å². The molecule has 0 aliphatic carbocycles. The maximum absolute atomic E-state index is 12.1. The largest absolute Gasteiger partial charge is 0.341 e. The van der Waals surface area contributed by atoms with Crippen molar-refractivity contribution in [1.82, 2.24) is 15.1 Å². The van der Waals surface area contributed by atoms with Crippen molar-refractivity contribution in [3.63, 3.8) is 0 Å². The number of hydrogen-bond donors (Lipinski definition) is 1. The third kappa shape index (κ3) is 3.96. The minimum Gasteiger partial charge on any atom is -0.341 e. The predicted octanol–water partition coefficient (Wildman–Crippen LogP) is 0.683. The summed E-state index contributed by atoms with van der Waals surface area (Å²) in [5.74, 6) is 0.356. The summed E-state index contributed by atoms with van der Waals surface area (Å²) in [6.07, 6.45) is 5.37. The number of carbonyl (C=O) groups is 1. The molecule has 0 saturated carbocycles. The maximum atomic E-state index is 12.1. The summed E-state index contributed by atoms with van der Waals surface area (Å²) in [5, 5.41) is 3.46. The molecule has 0 spiro atoms. The zero-order valence-electron chi connectivity index (χ0n) is 11.0. The molecule has 0 radical (unpaired) electrons. The summed E-state index contributed by atoms with van der Waals surface area (Å²) in [7, 11) is 2.14. The standard InChI is InChI=1S/C13H25N3O/c1-15-8-3-9-16(11-10-15)13(17)6-5-12-4-2-7-14-12/h12,14H,2-11H2,1H3. The van der Waals surface area contributed by atoms with Crippen molar-refractivity contribution in [3.05, 3.63) is 0 Å². The van der Waals surface area contributed by atoms with Gasteiger partial charge in [0.05, 0.1) is 0 Å². The van der Waals surface area contributed by atoms with E-state index < -0.39 is 0 Å². The highest BCUT2D eigenvalue weighted by Crippen LogP contribution is 2.12. The number of hydrogen-bond acceptors (Lipinski definition) is 3. The highest BCUT2D eigenvalue weighted by atomic mass is 16.2. The molecule has 2 aliphatic rings. The maximum Gasteiger partial charge on any atom is 0.222 e. The molecule has 17 heavy (non-hydrogen) atoms. The molecule has 4 nitrogen and oxygen atoms in total. The van der Waals surface area contributed by atoms with Crippen molar-refractivity contribution in [2.75, 3.05) is 39.8 Å². The van der Waals surface area contributed by atoms with Crippen molar-refractivity contribution < 1.29 is 4.79 Å². The van der Waals surface area contributed by atoms with Crippen LogP contribution < -0.4 is 5.32 Å². The molecule has 2 heterocycles. The molecule has 0 aromatic carbocycles. The molecule has 1 N–H and O–H groups in total. The summed E-state index contributed by atoms with van der Waals surface area (Å²) < 4.78 is 0. The number of amides is 1. The second kappa shape index (κ2) is 6.36. The lowest BCUT2D eigenvalue weighted by Gasteiger charge is -2.21. The van der Waals surface area contributed by atoms with Crippen molar-refractivity contribution in [2.45, 2.75) is 38.1 Å². The number of rotatable bonds is 3. The summed E-state index contributed by atoms with van der Waals surface area (Å²) in [4.78, 5) is 16.5. The number of likely N-dealkylation sites (N-methyl/N-ethyl adjacent to an activating group) is 1. The van der Waals surface area contributed by atoms with Crippen molar-refractivity contribution >= 4 is 5.91 Å². The molecule has 0 bridgehead atoms. The molecule has 2 saturated heterocycles. The topological polar surface area (TPSA) is 35.6 Å². The van der Waals surface area contributed by atoms with Crippen molar-refractivity contribution in [3.8, 4) is 0 Å². The van der Waals surface area contributed by atoms with Gasteiger partial charge in [-0.05, 0) is 45.8 Å². The fourth-order valence-corrected chi connectivity index (χ4v) is 2.75. The first-order valence-electron chi connectivity index (χ1n) is 6.95. The first-order valence-corrected chi connectivity index (χ1v) is 6.95. The molecule has 1 unspecified atom stereocenters. The van der Waals surface area contributed by atoms with Gasteiger partial charge in [-0.15, -0.1) is 0 Å². The average Bonchev–Trinajstić information content (AvgIpc) is 2.74. The van der Waals surface area contributed by atoms with Gasteiger partial charge in [0.15, 0.2) is 0 Å². The van der Waals surface area contributed by atoms with Gasteiger partial charge in [0.2, 0.25) is 5.91 Å². The first-order chi connectivity index (χ1) is 8.25. The van der Waals surface area contributed by atoms with Crippen LogP contribution in [0.1, 0.15) is 32.1 Å². The van der Waals surface area contributed by atoms with E-state index in [1.54, 1.807) is 0 Å². The zero-order valence-corrected chi connectivity index (χ0v) is 11.0. The van der Waals surface area contributed by atoms with Gasteiger partial charge in [-0.1, -0.05) is 0 Å². The van der Waals surface area contributed by atoms with Gasteiger partial charge >= 0.3 is 0 Å². The van der Waals surface area contributed by atoms with E-state index in [0.29, 0.717) is 11.9 Å². The Morgan fingerprint density at radius 3 is 2.88 bits per heavy atom. The smallest absolute Gasteiger partial charge is 0.222 e. The SMILES string of the molecule is CN1CCCN(C(=O)CCC2CCCN2)CC1. The van der Waals surface area contributed by atoms with Gasteiger partial charge in [-0.25, -0.2) is 0 Å².